The number of benzene rings is 2. The predicted molar refractivity (Wildman–Crippen MR) is 122 cm³/mol. The summed E-state index contributed by atoms with van der Waals surface area (Å²) in [7, 11) is -0.215. The fourth-order valence-electron chi connectivity index (χ4n) is 3.55. The molecule has 1 fully saturated rings. The molecular formula is C24H24F4N2O3S. The molecule has 2 aromatic carbocycles. The molecule has 0 heterocycles. The molecular weight excluding hydrogens is 472 g/mol. The second-order valence-corrected chi connectivity index (χ2v) is 10.2. The van der Waals surface area contributed by atoms with Gasteiger partial charge in [-0.05, 0) is 74.5 Å². The number of halogens is 4. The molecule has 0 bridgehead atoms. The topological polar surface area (TPSA) is 66.5 Å². The van der Waals surface area contributed by atoms with Gasteiger partial charge < -0.3 is 4.90 Å². The van der Waals surface area contributed by atoms with E-state index in [4.69, 9.17) is 0 Å². The van der Waals surface area contributed by atoms with Gasteiger partial charge in [0.15, 0.2) is 29.1 Å². The van der Waals surface area contributed by atoms with Crippen LogP contribution in [0.5, 0.6) is 0 Å². The van der Waals surface area contributed by atoms with Crippen molar-refractivity contribution in [1.29, 1.82) is 0 Å². The molecule has 0 unspecified atom stereocenters. The summed E-state index contributed by atoms with van der Waals surface area (Å²) < 4.78 is 81.5. The normalized spacial score (nSPS) is 19.4. The van der Waals surface area contributed by atoms with Gasteiger partial charge in [-0.25, -0.2) is 30.7 Å². The molecule has 1 saturated carbocycles. The van der Waals surface area contributed by atoms with Gasteiger partial charge >= 0.3 is 0 Å². The molecule has 0 amide bonds. The highest BCUT2D eigenvalue weighted by molar-refractivity contribution is 7.89. The van der Waals surface area contributed by atoms with Crippen LogP contribution in [0, 0.1) is 23.3 Å². The molecule has 3 rings (SSSR count). The van der Waals surface area contributed by atoms with Crippen LogP contribution in [0.25, 0.3) is 12.2 Å². The maximum atomic E-state index is 13.7. The minimum Gasteiger partial charge on any atom is -0.308 e. The van der Waals surface area contributed by atoms with Gasteiger partial charge in [-0.2, -0.15) is 0 Å². The molecule has 10 heteroatoms. The lowest BCUT2D eigenvalue weighted by molar-refractivity contribution is -0.113. The zero-order valence-corrected chi connectivity index (χ0v) is 19.4. The highest BCUT2D eigenvalue weighted by atomic mass is 32.2. The Morgan fingerprint density at radius 2 is 1.35 bits per heavy atom. The molecule has 0 spiro atoms. The van der Waals surface area contributed by atoms with E-state index in [1.54, 1.807) is 19.0 Å². The second kappa shape index (κ2) is 10.6. The van der Waals surface area contributed by atoms with E-state index in [2.05, 4.69) is 4.72 Å². The quantitative estimate of drug-likeness (QED) is 0.466. The fourth-order valence-corrected chi connectivity index (χ4v) is 4.95. The second-order valence-electron chi connectivity index (χ2n) is 8.36. The van der Waals surface area contributed by atoms with E-state index >= 15 is 0 Å². The van der Waals surface area contributed by atoms with Crippen LogP contribution < -0.4 is 4.72 Å². The van der Waals surface area contributed by atoms with E-state index in [0.717, 1.165) is 24.3 Å². The van der Waals surface area contributed by atoms with Gasteiger partial charge in [0.1, 0.15) is 0 Å². The van der Waals surface area contributed by atoms with Crippen molar-refractivity contribution in [2.45, 2.75) is 18.9 Å². The molecule has 0 radical (unpaired) electrons. The molecule has 0 aromatic heterocycles. The molecule has 5 nitrogen and oxygen atoms in total. The number of Topliss-reactive ketones (excluding diaryl/α,β-unsaturated/α-hetero) is 1. The van der Waals surface area contributed by atoms with Crippen molar-refractivity contribution in [3.05, 3.63) is 81.9 Å². The van der Waals surface area contributed by atoms with Crippen molar-refractivity contribution in [3.63, 3.8) is 0 Å². The van der Waals surface area contributed by atoms with Crippen molar-refractivity contribution in [2.24, 2.45) is 0 Å². The van der Waals surface area contributed by atoms with Gasteiger partial charge in [-0.3, -0.25) is 4.79 Å². The Morgan fingerprint density at radius 1 is 0.882 bits per heavy atom. The highest BCUT2D eigenvalue weighted by Crippen LogP contribution is 2.29. The molecule has 1 aliphatic rings. The lowest BCUT2D eigenvalue weighted by atomic mass is 9.84. The average molecular weight is 497 g/mol. The Bertz CT molecular complexity index is 1180. The van der Waals surface area contributed by atoms with E-state index in [1.165, 1.54) is 24.3 Å². The first kappa shape index (κ1) is 25.8. The van der Waals surface area contributed by atoms with Crippen molar-refractivity contribution >= 4 is 28.0 Å². The van der Waals surface area contributed by atoms with Crippen molar-refractivity contribution < 1.29 is 30.8 Å². The summed E-state index contributed by atoms with van der Waals surface area (Å²) >= 11 is 0. The molecule has 0 saturated heterocycles. The fraction of sp³-hybridized carbons (Fsp3) is 0.292. The number of rotatable bonds is 7. The van der Waals surface area contributed by atoms with Crippen molar-refractivity contribution in [1.82, 2.24) is 9.62 Å². The lowest BCUT2D eigenvalue weighted by Crippen LogP contribution is -2.42. The van der Waals surface area contributed by atoms with Crippen LogP contribution in [0.15, 0.2) is 47.5 Å². The third-order valence-corrected chi connectivity index (χ3v) is 6.65. The number of nitrogens with one attached hydrogen (secondary N) is 1. The maximum Gasteiger partial charge on any atom is 0.213 e. The number of ketones is 1. The van der Waals surface area contributed by atoms with Gasteiger partial charge in [0.25, 0.3) is 0 Å². The molecule has 182 valence electrons. The Hall–Kier alpha value is -2.82. The summed E-state index contributed by atoms with van der Waals surface area (Å²) in [5.74, 6) is -4.86. The van der Waals surface area contributed by atoms with Crippen LogP contribution in [0.1, 0.15) is 24.0 Å². The first-order chi connectivity index (χ1) is 15.9. The Labute approximate surface area is 195 Å². The Morgan fingerprint density at radius 3 is 1.76 bits per heavy atom. The van der Waals surface area contributed by atoms with Crippen LogP contribution >= 0.6 is 0 Å². The van der Waals surface area contributed by atoms with E-state index in [0.29, 0.717) is 0 Å². The molecule has 34 heavy (non-hydrogen) atoms. The average Bonchev–Trinajstić information content (AvgIpc) is 2.75. The molecule has 0 atom stereocenters. The summed E-state index contributed by atoms with van der Waals surface area (Å²) in [5.41, 5.74) is 0.800. The standard InChI is InChI=1S/C24H24F4N2O3S/c1-30(2)7-8-34(32,33)29-19-13-17(9-15-3-5-20(25)22(27)11-15)24(31)18(14-19)10-16-4-6-21(26)23(28)12-16/h3-6,9-12,19,29H,7-8,13-14H2,1-2H3/b17-9+,18-10+. The van der Waals surface area contributed by atoms with Crippen LogP contribution in [-0.2, 0) is 14.8 Å². The smallest absolute Gasteiger partial charge is 0.213 e. The number of nitrogens with zero attached hydrogens (tertiary/aromatic N) is 1. The summed E-state index contributed by atoms with van der Waals surface area (Å²) in [4.78, 5) is 14.8. The maximum absolute atomic E-state index is 13.7. The monoisotopic (exact) mass is 496 g/mol. The van der Waals surface area contributed by atoms with Gasteiger partial charge in [0, 0.05) is 23.7 Å². The largest absolute Gasteiger partial charge is 0.308 e. The van der Waals surface area contributed by atoms with Gasteiger partial charge in [0.2, 0.25) is 10.0 Å². The van der Waals surface area contributed by atoms with E-state index in [9.17, 15) is 30.8 Å². The molecule has 1 aliphatic carbocycles. The van der Waals surface area contributed by atoms with Gasteiger partial charge in [-0.1, -0.05) is 12.1 Å². The first-order valence-electron chi connectivity index (χ1n) is 10.4. The van der Waals surface area contributed by atoms with Crippen LogP contribution in [-0.4, -0.2) is 51.5 Å². The number of hydrogen-bond donors (Lipinski definition) is 1. The molecule has 1 N–H and O–H groups in total. The van der Waals surface area contributed by atoms with Gasteiger partial charge in [0.05, 0.1) is 5.75 Å². The highest BCUT2D eigenvalue weighted by Gasteiger charge is 2.30. The third kappa shape index (κ3) is 6.85. The number of carbonyl (C=O) groups is 1. The van der Waals surface area contributed by atoms with Crippen LogP contribution in [0.2, 0.25) is 0 Å². The number of hydrogen-bond acceptors (Lipinski definition) is 4. The minimum absolute atomic E-state index is 0.0220. The summed E-state index contributed by atoms with van der Waals surface area (Å²) in [6.45, 7) is 0.288. The van der Waals surface area contributed by atoms with Crippen LogP contribution in [0.4, 0.5) is 17.6 Å². The van der Waals surface area contributed by atoms with Gasteiger partial charge in [-0.15, -0.1) is 0 Å². The lowest BCUT2D eigenvalue weighted by Gasteiger charge is -2.27. The molecule has 2 aromatic rings. The molecule has 0 aliphatic heterocycles. The first-order valence-corrected chi connectivity index (χ1v) is 12.1. The summed E-state index contributed by atoms with van der Waals surface area (Å²) in [5, 5.41) is 0. The zero-order valence-electron chi connectivity index (χ0n) is 18.6. The minimum atomic E-state index is -3.69. The van der Waals surface area contributed by atoms with Crippen molar-refractivity contribution in [3.8, 4) is 0 Å². The summed E-state index contributed by atoms with van der Waals surface area (Å²) in [6.07, 6.45) is 2.77. The van der Waals surface area contributed by atoms with E-state index in [-0.39, 0.29) is 47.4 Å². The number of carbonyl (C=O) groups excluding carboxylic acids is 1. The predicted octanol–water partition coefficient (Wildman–Crippen LogP) is 3.92. The SMILES string of the molecule is CN(C)CCS(=O)(=O)NC1C/C(=C\c2ccc(F)c(F)c2)C(=O)/C(=C/c2ccc(F)c(F)c2)C1. The summed E-state index contributed by atoms with van der Waals surface area (Å²) in [6, 6.07) is 5.60. The van der Waals surface area contributed by atoms with Crippen LogP contribution in [0.3, 0.4) is 0 Å². The van der Waals surface area contributed by atoms with E-state index < -0.39 is 45.1 Å². The number of sulfonamides is 1. The Balaban J connectivity index is 1.97. The third-order valence-electron chi connectivity index (χ3n) is 5.24. The Kier molecular flexibility index (Phi) is 8.06. The van der Waals surface area contributed by atoms with E-state index in [1.807, 2.05) is 0 Å². The van der Waals surface area contributed by atoms with Crippen molar-refractivity contribution in [2.75, 3.05) is 26.4 Å². The zero-order chi connectivity index (χ0) is 25.0.